The quantitative estimate of drug-likeness (QED) is 0.446. The molecule has 2 aromatic carbocycles. The van der Waals surface area contributed by atoms with Crippen LogP contribution in [-0.2, 0) is 17.6 Å². The van der Waals surface area contributed by atoms with Crippen LogP contribution in [0.1, 0.15) is 17.5 Å². The van der Waals surface area contributed by atoms with E-state index in [0.29, 0.717) is 24.6 Å². The van der Waals surface area contributed by atoms with Crippen molar-refractivity contribution in [2.75, 3.05) is 32.2 Å². The van der Waals surface area contributed by atoms with Crippen LogP contribution >= 0.6 is 0 Å². The molecule has 0 atom stereocenters. The van der Waals surface area contributed by atoms with Crippen molar-refractivity contribution in [3.8, 4) is 17.6 Å². The highest BCUT2D eigenvalue weighted by atomic mass is 16.5. The Morgan fingerprint density at radius 1 is 1.21 bits per heavy atom. The summed E-state index contributed by atoms with van der Waals surface area (Å²) in [5.74, 6) is 1.10. The second kappa shape index (κ2) is 9.65. The number of nitrogens with zero attached hydrogens (tertiary/aromatic N) is 2. The molecule has 150 valence electrons. The number of fused-ring (bicyclic) bond motifs is 1. The van der Waals surface area contributed by atoms with Crippen LogP contribution in [0.25, 0.3) is 0 Å². The predicted octanol–water partition coefficient (Wildman–Crippen LogP) is 3.22. The minimum Gasteiger partial charge on any atom is -0.493 e. The molecule has 1 aliphatic rings. The number of aryl methyl sites for hydroxylation is 1. The number of carbonyl (C=O) groups is 1. The molecular weight excluding hydrogens is 366 g/mol. The average Bonchev–Trinajstić information content (AvgIpc) is 2.78. The fourth-order valence-electron chi connectivity index (χ4n) is 3.46. The summed E-state index contributed by atoms with van der Waals surface area (Å²) in [5.41, 5.74) is 3.22. The highest BCUT2D eigenvalue weighted by molar-refractivity contribution is 6.08. The first kappa shape index (κ1) is 20.3. The van der Waals surface area contributed by atoms with Crippen LogP contribution in [0.5, 0.6) is 11.5 Å². The summed E-state index contributed by atoms with van der Waals surface area (Å²) in [6.45, 7) is 1.21. The molecule has 0 bridgehead atoms. The third-order valence-electron chi connectivity index (χ3n) is 4.96. The van der Waals surface area contributed by atoms with E-state index in [9.17, 15) is 10.1 Å². The van der Waals surface area contributed by atoms with Crippen molar-refractivity contribution >= 4 is 11.6 Å². The van der Waals surface area contributed by atoms with Gasteiger partial charge in [0.1, 0.15) is 11.6 Å². The maximum absolute atomic E-state index is 12.9. The number of benzene rings is 2. The summed E-state index contributed by atoms with van der Waals surface area (Å²) in [6.07, 6.45) is 4.08. The molecule has 1 aliphatic heterocycles. The fraction of sp³-hybridized carbons (Fsp3) is 0.304. The van der Waals surface area contributed by atoms with Crippen LogP contribution in [0.15, 0.2) is 54.2 Å². The minimum absolute atomic E-state index is 0.106. The van der Waals surface area contributed by atoms with Crippen LogP contribution in [0.2, 0.25) is 0 Å². The molecule has 0 aromatic heterocycles. The highest BCUT2D eigenvalue weighted by Crippen LogP contribution is 2.28. The molecule has 0 spiro atoms. The maximum atomic E-state index is 12.9. The lowest BCUT2D eigenvalue weighted by Gasteiger charge is -2.29. The summed E-state index contributed by atoms with van der Waals surface area (Å²) in [7, 11) is 3.21. The number of amides is 1. The third-order valence-corrected chi connectivity index (χ3v) is 4.96. The summed E-state index contributed by atoms with van der Waals surface area (Å²) in [6, 6.07) is 15.6. The van der Waals surface area contributed by atoms with E-state index in [2.05, 4.69) is 5.32 Å². The number of anilines is 1. The van der Waals surface area contributed by atoms with Crippen LogP contribution in [0.4, 0.5) is 5.69 Å². The SMILES string of the molecule is COc1ccc(CCN/C=C(/C#N)C(=O)N2CCCc3ccccc32)cc1OC. The number of hydrogen-bond donors (Lipinski definition) is 1. The van der Waals surface area contributed by atoms with Gasteiger partial charge >= 0.3 is 0 Å². The lowest BCUT2D eigenvalue weighted by molar-refractivity contribution is -0.114. The van der Waals surface area contributed by atoms with Gasteiger partial charge in [0.05, 0.1) is 14.2 Å². The van der Waals surface area contributed by atoms with Crippen LogP contribution in [0, 0.1) is 11.3 Å². The molecule has 0 fully saturated rings. The standard InChI is InChI=1S/C23H25N3O3/c1-28-21-10-9-17(14-22(21)29-2)11-12-25-16-19(15-24)23(27)26-13-5-7-18-6-3-4-8-20(18)26/h3-4,6,8-10,14,16,25H,5,7,11-13H2,1-2H3/b19-16-. The number of hydrogen-bond acceptors (Lipinski definition) is 5. The number of nitriles is 1. The fourth-order valence-corrected chi connectivity index (χ4v) is 3.46. The van der Waals surface area contributed by atoms with Gasteiger partial charge in [-0.2, -0.15) is 5.26 Å². The van der Waals surface area contributed by atoms with Crippen molar-refractivity contribution in [1.29, 1.82) is 5.26 Å². The van der Waals surface area contributed by atoms with Crippen LogP contribution in [0.3, 0.4) is 0 Å². The van der Waals surface area contributed by atoms with Crippen molar-refractivity contribution in [3.05, 3.63) is 65.4 Å². The van der Waals surface area contributed by atoms with Crippen molar-refractivity contribution in [1.82, 2.24) is 5.32 Å². The summed E-state index contributed by atoms with van der Waals surface area (Å²) >= 11 is 0. The molecule has 2 aromatic rings. The summed E-state index contributed by atoms with van der Waals surface area (Å²) < 4.78 is 10.6. The Balaban J connectivity index is 1.63. The number of carbonyl (C=O) groups excluding carboxylic acids is 1. The Hall–Kier alpha value is -3.46. The number of nitrogens with one attached hydrogen (secondary N) is 1. The zero-order valence-corrected chi connectivity index (χ0v) is 16.8. The number of ether oxygens (including phenoxy) is 2. The number of methoxy groups -OCH3 is 2. The van der Waals surface area contributed by atoms with E-state index in [4.69, 9.17) is 9.47 Å². The maximum Gasteiger partial charge on any atom is 0.270 e. The second-order valence-electron chi connectivity index (χ2n) is 6.75. The molecule has 0 saturated heterocycles. The monoisotopic (exact) mass is 391 g/mol. The van der Waals surface area contributed by atoms with E-state index in [0.717, 1.165) is 36.1 Å². The van der Waals surface area contributed by atoms with E-state index in [-0.39, 0.29) is 11.5 Å². The van der Waals surface area contributed by atoms with E-state index in [1.165, 1.54) is 6.20 Å². The Kier molecular flexibility index (Phi) is 6.75. The van der Waals surface area contributed by atoms with Gasteiger partial charge in [-0.05, 0) is 48.6 Å². The van der Waals surface area contributed by atoms with Gasteiger partial charge in [-0.15, -0.1) is 0 Å². The van der Waals surface area contributed by atoms with Gasteiger partial charge in [0, 0.05) is 25.0 Å². The lowest BCUT2D eigenvalue weighted by atomic mass is 10.0. The topological polar surface area (TPSA) is 74.6 Å². The zero-order valence-electron chi connectivity index (χ0n) is 16.8. The van der Waals surface area contributed by atoms with E-state index in [1.807, 2.05) is 48.5 Å². The summed E-state index contributed by atoms with van der Waals surface area (Å²) in [4.78, 5) is 14.6. The van der Waals surface area contributed by atoms with Gasteiger partial charge in [-0.3, -0.25) is 4.79 Å². The molecule has 6 heteroatoms. The van der Waals surface area contributed by atoms with Crippen molar-refractivity contribution in [3.63, 3.8) is 0 Å². The lowest BCUT2D eigenvalue weighted by Crippen LogP contribution is -2.36. The third kappa shape index (κ3) is 4.69. The first-order chi connectivity index (χ1) is 14.2. The van der Waals surface area contributed by atoms with Crippen molar-refractivity contribution in [2.45, 2.75) is 19.3 Å². The van der Waals surface area contributed by atoms with E-state index < -0.39 is 0 Å². The first-order valence-electron chi connectivity index (χ1n) is 9.62. The van der Waals surface area contributed by atoms with Gasteiger partial charge in [0.2, 0.25) is 0 Å². The molecule has 0 saturated carbocycles. The number of para-hydroxylation sites is 1. The van der Waals surface area contributed by atoms with Gasteiger partial charge in [0.25, 0.3) is 5.91 Å². The normalized spacial score (nSPS) is 13.3. The Bertz CT molecular complexity index is 947. The molecule has 0 radical (unpaired) electrons. The Morgan fingerprint density at radius 3 is 2.76 bits per heavy atom. The molecule has 6 nitrogen and oxygen atoms in total. The van der Waals surface area contributed by atoms with Crippen molar-refractivity contribution < 1.29 is 14.3 Å². The molecule has 0 aliphatic carbocycles. The molecule has 1 N–H and O–H groups in total. The zero-order chi connectivity index (χ0) is 20.6. The molecular formula is C23H25N3O3. The Labute approximate surface area is 171 Å². The smallest absolute Gasteiger partial charge is 0.270 e. The summed E-state index contributed by atoms with van der Waals surface area (Å²) in [5, 5.41) is 12.6. The highest BCUT2D eigenvalue weighted by Gasteiger charge is 2.24. The second-order valence-corrected chi connectivity index (χ2v) is 6.75. The number of rotatable bonds is 7. The van der Waals surface area contributed by atoms with Crippen molar-refractivity contribution in [2.24, 2.45) is 0 Å². The van der Waals surface area contributed by atoms with Crippen LogP contribution in [-0.4, -0.2) is 33.2 Å². The molecule has 1 heterocycles. The van der Waals surface area contributed by atoms with Gasteiger partial charge in [0.15, 0.2) is 11.5 Å². The molecule has 29 heavy (non-hydrogen) atoms. The van der Waals surface area contributed by atoms with E-state index >= 15 is 0 Å². The first-order valence-corrected chi connectivity index (χ1v) is 9.62. The minimum atomic E-state index is -0.265. The Morgan fingerprint density at radius 2 is 2.00 bits per heavy atom. The van der Waals surface area contributed by atoms with Gasteiger partial charge < -0.3 is 19.7 Å². The van der Waals surface area contributed by atoms with Gasteiger partial charge in [-0.1, -0.05) is 24.3 Å². The molecule has 1 amide bonds. The average molecular weight is 391 g/mol. The van der Waals surface area contributed by atoms with Crippen LogP contribution < -0.4 is 19.7 Å². The molecule has 3 rings (SSSR count). The van der Waals surface area contributed by atoms with E-state index in [1.54, 1.807) is 19.1 Å². The largest absolute Gasteiger partial charge is 0.493 e. The van der Waals surface area contributed by atoms with Gasteiger partial charge in [-0.25, -0.2) is 0 Å². The predicted molar refractivity (Wildman–Crippen MR) is 112 cm³/mol. The molecule has 0 unspecified atom stereocenters.